The molecule has 0 amide bonds. The second-order valence-corrected chi connectivity index (χ2v) is 6.56. The van der Waals surface area contributed by atoms with E-state index < -0.39 is 17.2 Å². The van der Waals surface area contributed by atoms with Crippen molar-refractivity contribution in [2.75, 3.05) is 0 Å². The van der Waals surface area contributed by atoms with Crippen LogP contribution in [0.25, 0.3) is 0 Å². The summed E-state index contributed by atoms with van der Waals surface area (Å²) in [5.41, 5.74) is 0. The molecule has 0 heterocycles. The zero-order chi connectivity index (χ0) is 8.85. The molecule has 0 saturated heterocycles. The Kier molecular flexibility index (Phi) is 6.17. The van der Waals surface area contributed by atoms with Crippen molar-refractivity contribution in [3.8, 4) is 0 Å². The molecule has 0 radical (unpaired) electrons. The number of carboxylic acids is 2. The zero-order valence-electron chi connectivity index (χ0n) is 5.11. The van der Waals surface area contributed by atoms with Gasteiger partial charge in [-0.2, -0.15) is 0 Å². The SMILES string of the molecule is O=C(O)CC(S[S][Au])C(=O)O. The quantitative estimate of drug-likeness (QED) is 0.544. The number of hydrogen-bond acceptors (Lipinski definition) is 4. The maximum absolute atomic E-state index is 10.3. The molecule has 68 valence electrons. The van der Waals surface area contributed by atoms with Crippen LogP contribution in [0.1, 0.15) is 6.42 Å². The van der Waals surface area contributed by atoms with E-state index in [4.69, 9.17) is 10.2 Å². The number of rotatable bonds is 5. The summed E-state index contributed by atoms with van der Waals surface area (Å²) >= 11 is 2.07. The summed E-state index contributed by atoms with van der Waals surface area (Å²) in [5.74, 6) is -2.18. The van der Waals surface area contributed by atoms with Gasteiger partial charge in [-0.05, 0) is 0 Å². The van der Waals surface area contributed by atoms with Crippen LogP contribution >= 0.6 is 19.1 Å². The van der Waals surface area contributed by atoms with Gasteiger partial charge in [0.2, 0.25) is 0 Å². The first-order chi connectivity index (χ1) is 5.07. The fourth-order valence-corrected chi connectivity index (χ4v) is 3.65. The summed E-state index contributed by atoms with van der Waals surface area (Å²) in [5, 5.41) is 15.9. The first kappa shape index (κ1) is 11.4. The number of aliphatic carboxylic acids is 2. The van der Waals surface area contributed by atoms with E-state index in [0.717, 1.165) is 10.8 Å². The molecule has 0 rings (SSSR count). The molecule has 0 saturated carbocycles. The predicted molar refractivity (Wildman–Crippen MR) is 38.9 cm³/mol. The summed E-state index contributed by atoms with van der Waals surface area (Å²) in [7, 11) is 2.22. The molecule has 0 aromatic carbocycles. The monoisotopic (exact) mass is 378 g/mol. The van der Waals surface area contributed by atoms with Crippen LogP contribution in [0.5, 0.6) is 0 Å². The first-order valence-electron chi connectivity index (χ1n) is 2.43. The number of carbonyl (C=O) groups is 2. The van der Waals surface area contributed by atoms with Gasteiger partial charge in [-0.25, -0.2) is 0 Å². The Balaban J connectivity index is 3.89. The molecule has 0 bridgehead atoms. The third-order valence-corrected chi connectivity index (χ3v) is 4.19. The minimum absolute atomic E-state index is 0.341. The standard InChI is InChI=1S/C4H6O4S2.Au/c5-3(6)1-2(10-9)4(7)8;/h2,9H,1H2,(H,5,6)(H,7,8);/q;+1/p-1. The van der Waals surface area contributed by atoms with E-state index in [2.05, 4.69) is 19.7 Å². The Hall–Kier alpha value is 0.380. The van der Waals surface area contributed by atoms with Crippen molar-refractivity contribution in [1.29, 1.82) is 0 Å². The van der Waals surface area contributed by atoms with Gasteiger partial charge in [0.25, 0.3) is 0 Å². The molecule has 0 aliphatic rings. The Morgan fingerprint density at radius 1 is 1.45 bits per heavy atom. The maximum atomic E-state index is 10.3. The van der Waals surface area contributed by atoms with Crippen LogP contribution in [-0.4, -0.2) is 27.4 Å². The minimum atomic E-state index is -1.09. The van der Waals surface area contributed by atoms with Crippen LogP contribution in [-0.2, 0) is 29.3 Å². The number of carboxylic acid groups (broad SMARTS) is 2. The molecule has 0 aliphatic heterocycles. The van der Waals surface area contributed by atoms with E-state index in [1.165, 1.54) is 8.26 Å². The van der Waals surface area contributed by atoms with E-state index in [0.29, 0.717) is 0 Å². The van der Waals surface area contributed by atoms with E-state index in [-0.39, 0.29) is 6.42 Å². The molecule has 2 N–H and O–H groups in total. The molecule has 0 fully saturated rings. The molecule has 0 aromatic rings. The molecule has 7 heteroatoms. The van der Waals surface area contributed by atoms with Crippen molar-refractivity contribution in [1.82, 2.24) is 0 Å². The third kappa shape index (κ3) is 5.63. The molecule has 11 heavy (non-hydrogen) atoms. The van der Waals surface area contributed by atoms with Crippen molar-refractivity contribution in [2.45, 2.75) is 11.7 Å². The fourth-order valence-electron chi connectivity index (χ4n) is 0.356. The van der Waals surface area contributed by atoms with Crippen LogP contribution in [0, 0.1) is 0 Å². The third-order valence-electron chi connectivity index (χ3n) is 0.781. The molecule has 1 atom stereocenters. The second kappa shape index (κ2) is 5.96. The second-order valence-electron chi connectivity index (χ2n) is 1.57. The first-order valence-corrected chi connectivity index (χ1v) is 7.14. The molecular formula is C4H5AuO4S2. The van der Waals surface area contributed by atoms with E-state index in [1.807, 2.05) is 0 Å². The van der Waals surface area contributed by atoms with E-state index in [1.54, 1.807) is 0 Å². The van der Waals surface area contributed by atoms with Crippen LogP contribution in [0.3, 0.4) is 0 Å². The summed E-state index contributed by atoms with van der Waals surface area (Å²) in [4.78, 5) is 20.4. The van der Waals surface area contributed by atoms with Gasteiger partial charge in [-0.3, -0.25) is 0 Å². The van der Waals surface area contributed by atoms with Gasteiger partial charge in [0.15, 0.2) is 0 Å². The van der Waals surface area contributed by atoms with Gasteiger partial charge in [-0.1, -0.05) is 0 Å². The molecule has 4 nitrogen and oxygen atoms in total. The molecule has 0 spiro atoms. The summed E-state index contributed by atoms with van der Waals surface area (Å²) < 4.78 is 0. The van der Waals surface area contributed by atoms with Crippen molar-refractivity contribution >= 4 is 31.0 Å². The topological polar surface area (TPSA) is 74.6 Å². The van der Waals surface area contributed by atoms with E-state index in [9.17, 15) is 9.59 Å². The van der Waals surface area contributed by atoms with Crippen molar-refractivity contribution < 1.29 is 39.5 Å². The Morgan fingerprint density at radius 3 is 2.27 bits per heavy atom. The van der Waals surface area contributed by atoms with Gasteiger partial charge in [-0.15, -0.1) is 0 Å². The zero-order valence-corrected chi connectivity index (χ0v) is 8.91. The Morgan fingerprint density at radius 2 is 2.00 bits per heavy atom. The van der Waals surface area contributed by atoms with Gasteiger partial charge in [0.1, 0.15) is 0 Å². The predicted octanol–water partition coefficient (Wildman–Crippen LogP) is 0.758. The number of hydrogen-bond donors (Lipinski definition) is 2. The molecule has 0 aliphatic carbocycles. The summed E-state index contributed by atoms with van der Waals surface area (Å²) in [6.07, 6.45) is -0.341. The van der Waals surface area contributed by atoms with Crippen LogP contribution in [0.2, 0.25) is 0 Å². The molecular weight excluding hydrogens is 373 g/mol. The normalized spacial score (nSPS) is 12.5. The van der Waals surface area contributed by atoms with Crippen molar-refractivity contribution in [2.24, 2.45) is 0 Å². The Bertz CT molecular complexity index is 162. The van der Waals surface area contributed by atoms with Crippen LogP contribution in [0.4, 0.5) is 0 Å². The Labute approximate surface area is 82.0 Å². The fraction of sp³-hybridized carbons (Fsp3) is 0.500. The summed E-state index contributed by atoms with van der Waals surface area (Å²) in [6.45, 7) is 0. The van der Waals surface area contributed by atoms with Gasteiger partial charge < -0.3 is 0 Å². The molecule has 1 unspecified atom stereocenters. The van der Waals surface area contributed by atoms with Crippen LogP contribution < -0.4 is 0 Å². The van der Waals surface area contributed by atoms with Gasteiger partial charge in [0.05, 0.1) is 0 Å². The molecule has 0 aromatic heterocycles. The van der Waals surface area contributed by atoms with Gasteiger partial charge >= 0.3 is 82.2 Å². The van der Waals surface area contributed by atoms with Crippen molar-refractivity contribution in [3.63, 3.8) is 0 Å². The summed E-state index contributed by atoms with van der Waals surface area (Å²) in [6, 6.07) is 0. The van der Waals surface area contributed by atoms with Gasteiger partial charge in [0, 0.05) is 0 Å². The van der Waals surface area contributed by atoms with Crippen LogP contribution in [0.15, 0.2) is 0 Å². The van der Waals surface area contributed by atoms with E-state index >= 15 is 0 Å². The average Bonchev–Trinajstić information content (AvgIpc) is 1.86. The van der Waals surface area contributed by atoms with Crippen molar-refractivity contribution in [3.05, 3.63) is 0 Å². The average molecular weight is 378 g/mol.